The molecule has 0 aliphatic rings. The second-order valence-corrected chi connectivity index (χ2v) is 4.02. The van der Waals surface area contributed by atoms with Crippen molar-refractivity contribution in [3.8, 4) is 5.75 Å². The quantitative estimate of drug-likeness (QED) is 0.838. The Morgan fingerprint density at radius 1 is 1.28 bits per heavy atom. The van der Waals surface area contributed by atoms with E-state index >= 15 is 0 Å². The summed E-state index contributed by atoms with van der Waals surface area (Å²) in [6.45, 7) is 0.635. The standard InChI is InChI=1S/C13H17N3O2/c1-17-11-6-4-10(5-7-11)9-12-15-13(18-16-12)3-2-8-14/h4-7H,2-3,8-9,14H2,1H3. The summed E-state index contributed by atoms with van der Waals surface area (Å²) in [5, 5.41) is 3.95. The summed E-state index contributed by atoms with van der Waals surface area (Å²) in [6, 6.07) is 7.83. The molecule has 2 N–H and O–H groups in total. The molecule has 0 saturated carbocycles. The molecule has 18 heavy (non-hydrogen) atoms. The van der Waals surface area contributed by atoms with E-state index in [0.717, 1.165) is 24.2 Å². The summed E-state index contributed by atoms with van der Waals surface area (Å²) in [4.78, 5) is 4.32. The zero-order valence-corrected chi connectivity index (χ0v) is 10.4. The van der Waals surface area contributed by atoms with E-state index in [2.05, 4.69) is 10.1 Å². The zero-order chi connectivity index (χ0) is 12.8. The Hall–Kier alpha value is -1.88. The highest BCUT2D eigenvalue weighted by Crippen LogP contribution is 2.13. The van der Waals surface area contributed by atoms with Crippen LogP contribution >= 0.6 is 0 Å². The van der Waals surface area contributed by atoms with Gasteiger partial charge in [-0.15, -0.1) is 0 Å². The van der Waals surface area contributed by atoms with E-state index in [0.29, 0.717) is 24.7 Å². The van der Waals surface area contributed by atoms with Crippen LogP contribution in [0.25, 0.3) is 0 Å². The largest absolute Gasteiger partial charge is 0.497 e. The van der Waals surface area contributed by atoms with Crippen molar-refractivity contribution in [1.82, 2.24) is 10.1 Å². The maximum absolute atomic E-state index is 5.43. The van der Waals surface area contributed by atoms with Gasteiger partial charge in [-0.3, -0.25) is 0 Å². The van der Waals surface area contributed by atoms with E-state index < -0.39 is 0 Å². The van der Waals surface area contributed by atoms with Gasteiger partial charge in [0.2, 0.25) is 5.89 Å². The highest BCUT2D eigenvalue weighted by molar-refractivity contribution is 5.28. The van der Waals surface area contributed by atoms with Crippen LogP contribution < -0.4 is 10.5 Å². The first-order valence-corrected chi connectivity index (χ1v) is 5.96. The topological polar surface area (TPSA) is 74.2 Å². The third-order valence-corrected chi connectivity index (χ3v) is 2.63. The maximum Gasteiger partial charge on any atom is 0.226 e. The number of methoxy groups -OCH3 is 1. The molecule has 1 aromatic heterocycles. The van der Waals surface area contributed by atoms with E-state index in [9.17, 15) is 0 Å². The van der Waals surface area contributed by atoms with Crippen molar-refractivity contribution in [3.63, 3.8) is 0 Å². The van der Waals surface area contributed by atoms with Crippen molar-refractivity contribution in [2.24, 2.45) is 5.73 Å². The van der Waals surface area contributed by atoms with Gasteiger partial charge in [0.05, 0.1) is 7.11 Å². The predicted octanol–water partition coefficient (Wildman–Crippen LogP) is 1.56. The van der Waals surface area contributed by atoms with Crippen molar-refractivity contribution < 1.29 is 9.26 Å². The fourth-order valence-corrected chi connectivity index (χ4v) is 1.64. The minimum absolute atomic E-state index is 0.635. The summed E-state index contributed by atoms with van der Waals surface area (Å²) in [5.41, 5.74) is 6.56. The molecule has 1 heterocycles. The van der Waals surface area contributed by atoms with E-state index in [4.69, 9.17) is 15.0 Å². The monoisotopic (exact) mass is 247 g/mol. The van der Waals surface area contributed by atoms with Crippen LogP contribution in [0.2, 0.25) is 0 Å². The molecule has 2 aromatic rings. The third-order valence-electron chi connectivity index (χ3n) is 2.63. The second-order valence-electron chi connectivity index (χ2n) is 4.02. The maximum atomic E-state index is 5.43. The minimum atomic E-state index is 0.635. The van der Waals surface area contributed by atoms with Crippen molar-refractivity contribution in [2.45, 2.75) is 19.3 Å². The van der Waals surface area contributed by atoms with Gasteiger partial charge in [-0.25, -0.2) is 0 Å². The number of nitrogens with zero attached hydrogens (tertiary/aromatic N) is 2. The highest BCUT2D eigenvalue weighted by atomic mass is 16.5. The van der Waals surface area contributed by atoms with Gasteiger partial charge in [0.1, 0.15) is 5.75 Å². The van der Waals surface area contributed by atoms with Crippen molar-refractivity contribution in [1.29, 1.82) is 0 Å². The lowest BCUT2D eigenvalue weighted by Gasteiger charge is -2.00. The summed E-state index contributed by atoms with van der Waals surface area (Å²) in [7, 11) is 1.65. The van der Waals surface area contributed by atoms with Gasteiger partial charge < -0.3 is 15.0 Å². The first-order chi connectivity index (χ1) is 8.81. The number of hydrogen-bond donors (Lipinski definition) is 1. The predicted molar refractivity (Wildman–Crippen MR) is 67.5 cm³/mol. The lowest BCUT2D eigenvalue weighted by molar-refractivity contribution is 0.371. The fourth-order valence-electron chi connectivity index (χ4n) is 1.64. The Bertz CT molecular complexity index is 479. The zero-order valence-electron chi connectivity index (χ0n) is 10.4. The van der Waals surface area contributed by atoms with Crippen molar-refractivity contribution >= 4 is 0 Å². The molecular weight excluding hydrogens is 230 g/mol. The fraction of sp³-hybridized carbons (Fsp3) is 0.385. The first-order valence-electron chi connectivity index (χ1n) is 5.96. The van der Waals surface area contributed by atoms with Gasteiger partial charge in [0.15, 0.2) is 5.82 Å². The van der Waals surface area contributed by atoms with Gasteiger partial charge in [-0.2, -0.15) is 4.98 Å². The molecule has 0 atom stereocenters. The number of aromatic nitrogens is 2. The van der Waals surface area contributed by atoms with Crippen LogP contribution in [0, 0.1) is 0 Å². The second kappa shape index (κ2) is 6.16. The molecule has 96 valence electrons. The van der Waals surface area contributed by atoms with E-state index in [1.165, 1.54) is 0 Å². The molecule has 0 amide bonds. The van der Waals surface area contributed by atoms with E-state index in [1.807, 2.05) is 24.3 Å². The lowest BCUT2D eigenvalue weighted by atomic mass is 10.1. The van der Waals surface area contributed by atoms with Gasteiger partial charge in [0, 0.05) is 12.8 Å². The summed E-state index contributed by atoms with van der Waals surface area (Å²) in [5.74, 6) is 2.20. The van der Waals surface area contributed by atoms with E-state index in [1.54, 1.807) is 7.11 Å². The summed E-state index contributed by atoms with van der Waals surface area (Å²) >= 11 is 0. The van der Waals surface area contributed by atoms with Gasteiger partial charge >= 0.3 is 0 Å². The van der Waals surface area contributed by atoms with Crippen LogP contribution in [-0.2, 0) is 12.8 Å². The van der Waals surface area contributed by atoms with Crippen LogP contribution in [-0.4, -0.2) is 23.8 Å². The van der Waals surface area contributed by atoms with Crippen LogP contribution in [0.3, 0.4) is 0 Å². The molecule has 0 bridgehead atoms. The number of ether oxygens (including phenoxy) is 1. The summed E-state index contributed by atoms with van der Waals surface area (Å²) in [6.07, 6.45) is 2.27. The smallest absolute Gasteiger partial charge is 0.226 e. The number of hydrogen-bond acceptors (Lipinski definition) is 5. The molecule has 0 fully saturated rings. The highest BCUT2D eigenvalue weighted by Gasteiger charge is 2.06. The molecule has 0 radical (unpaired) electrons. The molecule has 0 aliphatic heterocycles. The normalized spacial score (nSPS) is 10.6. The van der Waals surface area contributed by atoms with Crippen LogP contribution in [0.15, 0.2) is 28.8 Å². The Balaban J connectivity index is 1.97. The van der Waals surface area contributed by atoms with Crippen molar-refractivity contribution in [3.05, 3.63) is 41.5 Å². The molecule has 0 aliphatic carbocycles. The Morgan fingerprint density at radius 2 is 2.06 bits per heavy atom. The number of nitrogens with two attached hydrogens (primary N) is 1. The Kier molecular flexibility index (Phi) is 4.30. The molecule has 5 nitrogen and oxygen atoms in total. The third kappa shape index (κ3) is 3.30. The number of rotatable bonds is 6. The first kappa shape index (κ1) is 12.6. The molecule has 1 aromatic carbocycles. The Labute approximate surface area is 106 Å². The average Bonchev–Trinajstić information content (AvgIpc) is 2.85. The number of benzene rings is 1. The molecule has 2 rings (SSSR count). The Morgan fingerprint density at radius 3 is 2.72 bits per heavy atom. The average molecular weight is 247 g/mol. The van der Waals surface area contributed by atoms with E-state index in [-0.39, 0.29) is 0 Å². The SMILES string of the molecule is COc1ccc(Cc2noc(CCCN)n2)cc1. The molecule has 0 unspecified atom stereocenters. The molecular formula is C13H17N3O2. The molecule has 0 spiro atoms. The van der Waals surface area contributed by atoms with Crippen LogP contribution in [0.5, 0.6) is 5.75 Å². The van der Waals surface area contributed by atoms with Crippen LogP contribution in [0.1, 0.15) is 23.7 Å². The summed E-state index contributed by atoms with van der Waals surface area (Å²) < 4.78 is 10.2. The van der Waals surface area contributed by atoms with Crippen LogP contribution in [0.4, 0.5) is 0 Å². The minimum Gasteiger partial charge on any atom is -0.497 e. The molecule has 5 heteroatoms. The lowest BCUT2D eigenvalue weighted by Crippen LogP contribution is -2.00. The number of aryl methyl sites for hydroxylation is 1. The van der Waals surface area contributed by atoms with Crippen molar-refractivity contribution in [2.75, 3.05) is 13.7 Å². The molecule has 0 saturated heterocycles. The van der Waals surface area contributed by atoms with Gasteiger partial charge in [-0.05, 0) is 30.7 Å². The van der Waals surface area contributed by atoms with Gasteiger partial charge in [-0.1, -0.05) is 17.3 Å². The van der Waals surface area contributed by atoms with Gasteiger partial charge in [0.25, 0.3) is 0 Å².